The van der Waals surface area contributed by atoms with E-state index in [0.717, 1.165) is 12.6 Å². The minimum absolute atomic E-state index is 0.527. The van der Waals surface area contributed by atoms with Crippen molar-refractivity contribution >= 4 is 0 Å². The van der Waals surface area contributed by atoms with Gasteiger partial charge < -0.3 is 10.1 Å². The summed E-state index contributed by atoms with van der Waals surface area (Å²) in [4.78, 5) is 0. The molecule has 1 aliphatic carbocycles. The van der Waals surface area contributed by atoms with Crippen molar-refractivity contribution in [3.05, 3.63) is 0 Å². The molecule has 1 N–H and O–H groups in total. The van der Waals surface area contributed by atoms with Gasteiger partial charge in [0.2, 0.25) is 0 Å². The van der Waals surface area contributed by atoms with Crippen LogP contribution in [-0.2, 0) is 4.74 Å². The summed E-state index contributed by atoms with van der Waals surface area (Å²) in [6.07, 6.45) is 4.09. The third-order valence-corrected chi connectivity index (χ3v) is 2.92. The fraction of sp³-hybridized carbons (Fsp3) is 1.00. The lowest BCUT2D eigenvalue weighted by molar-refractivity contribution is 0.0939. The normalized spacial score (nSPS) is 44.7. The van der Waals surface area contributed by atoms with Crippen molar-refractivity contribution in [1.29, 1.82) is 0 Å². The van der Waals surface area contributed by atoms with Gasteiger partial charge in [-0.05, 0) is 19.3 Å². The number of hydrogen-bond donors (Lipinski definition) is 1. The van der Waals surface area contributed by atoms with Crippen LogP contribution in [0.1, 0.15) is 19.3 Å². The van der Waals surface area contributed by atoms with E-state index in [-0.39, 0.29) is 0 Å². The zero-order chi connectivity index (χ0) is 7.03. The Morgan fingerprint density at radius 2 is 2.60 bits per heavy atom. The van der Waals surface area contributed by atoms with Crippen LogP contribution in [0.5, 0.6) is 0 Å². The molecule has 58 valence electrons. The zero-order valence-electron chi connectivity index (χ0n) is 6.52. The number of ether oxygens (including phenoxy) is 1. The molecular formula is C8H15NO. The fourth-order valence-electron chi connectivity index (χ4n) is 2.39. The van der Waals surface area contributed by atoms with Gasteiger partial charge in [0, 0.05) is 25.1 Å². The Morgan fingerprint density at radius 1 is 1.70 bits per heavy atom. The molecule has 1 heterocycles. The number of rotatable bonds is 2. The number of nitrogens with one attached hydrogen (secondary N) is 1. The van der Waals surface area contributed by atoms with Crippen LogP contribution in [0.4, 0.5) is 0 Å². The molecule has 1 saturated heterocycles. The highest BCUT2D eigenvalue weighted by Gasteiger charge is 2.44. The summed E-state index contributed by atoms with van der Waals surface area (Å²) in [5.41, 5.74) is 0.527. The van der Waals surface area contributed by atoms with Crippen molar-refractivity contribution in [3.8, 4) is 0 Å². The van der Waals surface area contributed by atoms with Gasteiger partial charge in [-0.25, -0.2) is 0 Å². The fourth-order valence-corrected chi connectivity index (χ4v) is 2.39. The molecule has 1 saturated carbocycles. The standard InChI is InChI=1S/C8H15NO/c1-10-6-8-3-2-7(4-8)9-5-8/h7,9H,2-6H2,1H3. The minimum atomic E-state index is 0.527. The zero-order valence-corrected chi connectivity index (χ0v) is 6.52. The SMILES string of the molecule is COCC12CCC(C1)NC2. The largest absolute Gasteiger partial charge is 0.384 e. The highest BCUT2D eigenvalue weighted by atomic mass is 16.5. The van der Waals surface area contributed by atoms with Gasteiger partial charge in [-0.1, -0.05) is 0 Å². The monoisotopic (exact) mass is 141 g/mol. The number of fused-ring (bicyclic) bond motifs is 2. The maximum absolute atomic E-state index is 5.21. The van der Waals surface area contributed by atoms with Gasteiger partial charge in [-0.2, -0.15) is 0 Å². The Labute approximate surface area is 61.9 Å². The molecule has 0 aromatic heterocycles. The summed E-state index contributed by atoms with van der Waals surface area (Å²) in [5.74, 6) is 0. The first-order valence-electron chi connectivity index (χ1n) is 4.07. The van der Waals surface area contributed by atoms with E-state index in [4.69, 9.17) is 4.74 Å². The predicted molar refractivity (Wildman–Crippen MR) is 40.0 cm³/mol. The number of piperidine rings is 1. The third-order valence-electron chi connectivity index (χ3n) is 2.92. The van der Waals surface area contributed by atoms with E-state index in [9.17, 15) is 0 Å². The van der Waals surface area contributed by atoms with Gasteiger partial charge in [0.1, 0.15) is 0 Å². The topological polar surface area (TPSA) is 21.3 Å². The summed E-state index contributed by atoms with van der Waals surface area (Å²) in [5, 5.41) is 3.50. The summed E-state index contributed by atoms with van der Waals surface area (Å²) >= 11 is 0. The maximum Gasteiger partial charge on any atom is 0.0531 e. The molecule has 2 aliphatic rings. The molecule has 0 amide bonds. The van der Waals surface area contributed by atoms with Crippen molar-refractivity contribution < 1.29 is 4.74 Å². The van der Waals surface area contributed by atoms with Crippen molar-refractivity contribution in [2.24, 2.45) is 5.41 Å². The number of hydrogen-bond acceptors (Lipinski definition) is 2. The van der Waals surface area contributed by atoms with Crippen LogP contribution in [0, 0.1) is 5.41 Å². The first-order valence-corrected chi connectivity index (χ1v) is 4.07. The van der Waals surface area contributed by atoms with Gasteiger partial charge >= 0.3 is 0 Å². The van der Waals surface area contributed by atoms with Crippen molar-refractivity contribution in [2.45, 2.75) is 25.3 Å². The lowest BCUT2D eigenvalue weighted by Gasteiger charge is -2.24. The molecule has 0 aromatic carbocycles. The van der Waals surface area contributed by atoms with Crippen LogP contribution in [-0.4, -0.2) is 26.3 Å². The first kappa shape index (κ1) is 6.62. The second-order valence-corrected chi connectivity index (χ2v) is 3.75. The van der Waals surface area contributed by atoms with Crippen LogP contribution >= 0.6 is 0 Å². The van der Waals surface area contributed by atoms with E-state index in [1.54, 1.807) is 7.11 Å². The van der Waals surface area contributed by atoms with Gasteiger partial charge in [0.25, 0.3) is 0 Å². The van der Waals surface area contributed by atoms with Crippen LogP contribution in [0.3, 0.4) is 0 Å². The highest BCUT2D eigenvalue weighted by Crippen LogP contribution is 2.42. The summed E-state index contributed by atoms with van der Waals surface area (Å²) in [6.45, 7) is 2.14. The molecule has 2 unspecified atom stereocenters. The van der Waals surface area contributed by atoms with E-state index in [1.165, 1.54) is 25.8 Å². The van der Waals surface area contributed by atoms with Crippen LogP contribution in [0.15, 0.2) is 0 Å². The van der Waals surface area contributed by atoms with E-state index in [2.05, 4.69) is 5.32 Å². The van der Waals surface area contributed by atoms with Gasteiger partial charge in [-0.15, -0.1) is 0 Å². The van der Waals surface area contributed by atoms with Crippen molar-refractivity contribution in [1.82, 2.24) is 5.32 Å². The Bertz CT molecular complexity index is 127. The Hall–Kier alpha value is -0.0800. The quantitative estimate of drug-likeness (QED) is 0.613. The van der Waals surface area contributed by atoms with E-state index >= 15 is 0 Å². The molecule has 2 fully saturated rings. The van der Waals surface area contributed by atoms with E-state index < -0.39 is 0 Å². The molecule has 0 spiro atoms. The summed E-state index contributed by atoms with van der Waals surface area (Å²) in [6, 6.07) is 0.815. The molecule has 2 bridgehead atoms. The smallest absolute Gasteiger partial charge is 0.0531 e. The van der Waals surface area contributed by atoms with E-state index in [1.807, 2.05) is 0 Å². The summed E-state index contributed by atoms with van der Waals surface area (Å²) < 4.78 is 5.21. The lowest BCUT2D eigenvalue weighted by atomic mass is 9.89. The average molecular weight is 141 g/mol. The molecule has 0 radical (unpaired) electrons. The Balaban J connectivity index is 2.01. The molecular weight excluding hydrogens is 126 g/mol. The molecule has 0 aromatic rings. The Morgan fingerprint density at radius 3 is 3.00 bits per heavy atom. The first-order chi connectivity index (χ1) is 4.85. The summed E-state index contributed by atoms with van der Waals surface area (Å²) in [7, 11) is 1.81. The molecule has 2 rings (SSSR count). The second-order valence-electron chi connectivity index (χ2n) is 3.75. The van der Waals surface area contributed by atoms with E-state index in [0.29, 0.717) is 5.41 Å². The molecule has 2 nitrogen and oxygen atoms in total. The number of methoxy groups -OCH3 is 1. The van der Waals surface area contributed by atoms with Crippen molar-refractivity contribution in [2.75, 3.05) is 20.3 Å². The van der Waals surface area contributed by atoms with Gasteiger partial charge in [-0.3, -0.25) is 0 Å². The maximum atomic E-state index is 5.21. The van der Waals surface area contributed by atoms with Crippen LogP contribution < -0.4 is 5.32 Å². The molecule has 2 heteroatoms. The third kappa shape index (κ3) is 0.867. The van der Waals surface area contributed by atoms with Gasteiger partial charge in [0.15, 0.2) is 0 Å². The second kappa shape index (κ2) is 2.21. The lowest BCUT2D eigenvalue weighted by Crippen LogP contribution is -2.32. The average Bonchev–Trinajstić information content (AvgIpc) is 2.46. The Kier molecular flexibility index (Phi) is 1.46. The predicted octanol–water partition coefficient (Wildman–Crippen LogP) is 0.775. The van der Waals surface area contributed by atoms with Crippen LogP contribution in [0.2, 0.25) is 0 Å². The van der Waals surface area contributed by atoms with Crippen molar-refractivity contribution in [3.63, 3.8) is 0 Å². The highest BCUT2D eigenvalue weighted by molar-refractivity contribution is 5.00. The molecule has 1 aliphatic heterocycles. The molecule has 10 heavy (non-hydrogen) atoms. The van der Waals surface area contributed by atoms with Crippen LogP contribution in [0.25, 0.3) is 0 Å². The molecule has 2 atom stereocenters. The minimum Gasteiger partial charge on any atom is -0.384 e. The van der Waals surface area contributed by atoms with Gasteiger partial charge in [0.05, 0.1) is 6.61 Å².